The third-order valence-electron chi connectivity index (χ3n) is 2.16. The number of hydrogen-bond donors (Lipinski definition) is 0. The summed E-state index contributed by atoms with van der Waals surface area (Å²) in [7, 11) is 0. The minimum absolute atomic E-state index is 0.130. The van der Waals surface area contributed by atoms with E-state index in [1.54, 1.807) is 0 Å². The SMILES string of the molecule is O=C(c1cncc(F)c1)c1cccc(F)c1F. The molecule has 5 heteroatoms. The predicted molar refractivity (Wildman–Crippen MR) is 54.0 cm³/mol. The maximum atomic E-state index is 13.3. The van der Waals surface area contributed by atoms with Crippen LogP contribution < -0.4 is 0 Å². The molecule has 0 bridgehead atoms. The van der Waals surface area contributed by atoms with E-state index in [9.17, 15) is 18.0 Å². The zero-order valence-corrected chi connectivity index (χ0v) is 8.45. The second kappa shape index (κ2) is 4.37. The molecule has 0 spiro atoms. The molecule has 0 unspecified atom stereocenters. The van der Waals surface area contributed by atoms with Gasteiger partial charge < -0.3 is 0 Å². The van der Waals surface area contributed by atoms with Crippen LogP contribution in [-0.2, 0) is 0 Å². The van der Waals surface area contributed by atoms with E-state index in [0.29, 0.717) is 0 Å². The summed E-state index contributed by atoms with van der Waals surface area (Å²) < 4.78 is 39.1. The van der Waals surface area contributed by atoms with Crippen molar-refractivity contribution in [3.63, 3.8) is 0 Å². The van der Waals surface area contributed by atoms with Crippen molar-refractivity contribution >= 4 is 5.78 Å². The number of ketones is 1. The largest absolute Gasteiger partial charge is 0.288 e. The molecular formula is C12H6F3NO. The van der Waals surface area contributed by atoms with Crippen LogP contribution in [0.3, 0.4) is 0 Å². The first-order chi connectivity index (χ1) is 8.09. The maximum absolute atomic E-state index is 13.3. The monoisotopic (exact) mass is 237 g/mol. The molecule has 2 nitrogen and oxygen atoms in total. The normalized spacial score (nSPS) is 10.3. The van der Waals surface area contributed by atoms with E-state index in [1.807, 2.05) is 0 Å². The van der Waals surface area contributed by atoms with Gasteiger partial charge in [0.25, 0.3) is 0 Å². The molecule has 0 aliphatic heterocycles. The molecule has 0 N–H and O–H groups in total. The van der Waals surface area contributed by atoms with Gasteiger partial charge in [-0.25, -0.2) is 13.2 Å². The lowest BCUT2D eigenvalue weighted by Gasteiger charge is -2.02. The summed E-state index contributed by atoms with van der Waals surface area (Å²) in [5, 5.41) is 0. The number of hydrogen-bond acceptors (Lipinski definition) is 2. The van der Waals surface area contributed by atoms with Gasteiger partial charge in [0.05, 0.1) is 11.8 Å². The van der Waals surface area contributed by atoms with Gasteiger partial charge in [-0.1, -0.05) is 6.07 Å². The highest BCUT2D eigenvalue weighted by atomic mass is 19.2. The van der Waals surface area contributed by atoms with Gasteiger partial charge in [0, 0.05) is 11.8 Å². The number of aromatic nitrogens is 1. The highest BCUT2D eigenvalue weighted by Crippen LogP contribution is 2.16. The number of rotatable bonds is 2. The summed E-state index contributed by atoms with van der Waals surface area (Å²) in [4.78, 5) is 15.2. The Morgan fingerprint density at radius 2 is 1.88 bits per heavy atom. The molecule has 2 aromatic rings. The lowest BCUT2D eigenvalue weighted by Crippen LogP contribution is -2.06. The van der Waals surface area contributed by atoms with Crippen molar-refractivity contribution in [1.29, 1.82) is 0 Å². The summed E-state index contributed by atoms with van der Waals surface area (Å²) in [6.45, 7) is 0. The third kappa shape index (κ3) is 2.18. The average molecular weight is 237 g/mol. The van der Waals surface area contributed by atoms with Crippen LogP contribution in [0.2, 0.25) is 0 Å². The highest BCUT2D eigenvalue weighted by molar-refractivity contribution is 6.08. The van der Waals surface area contributed by atoms with Gasteiger partial charge in [0.2, 0.25) is 0 Å². The minimum Gasteiger partial charge on any atom is -0.288 e. The van der Waals surface area contributed by atoms with Crippen LogP contribution in [0.5, 0.6) is 0 Å². The van der Waals surface area contributed by atoms with Crippen LogP contribution in [0.1, 0.15) is 15.9 Å². The first kappa shape index (κ1) is 11.3. The number of nitrogens with zero attached hydrogens (tertiary/aromatic N) is 1. The van der Waals surface area contributed by atoms with Crippen LogP contribution >= 0.6 is 0 Å². The van der Waals surface area contributed by atoms with E-state index in [1.165, 1.54) is 6.07 Å². The molecule has 2 rings (SSSR count). The fourth-order valence-electron chi connectivity index (χ4n) is 1.37. The standard InChI is InChI=1S/C12H6F3NO/c13-8-4-7(5-16-6-8)12(17)9-2-1-3-10(14)11(9)15/h1-6H. The number of carbonyl (C=O) groups is 1. The Balaban J connectivity index is 2.48. The van der Waals surface area contributed by atoms with Crippen molar-refractivity contribution < 1.29 is 18.0 Å². The number of benzene rings is 1. The summed E-state index contributed by atoms with van der Waals surface area (Å²) >= 11 is 0. The Labute approximate surface area is 94.7 Å². The molecule has 86 valence electrons. The molecular weight excluding hydrogens is 231 g/mol. The Bertz CT molecular complexity index is 584. The first-order valence-corrected chi connectivity index (χ1v) is 4.69. The fraction of sp³-hybridized carbons (Fsp3) is 0. The van der Waals surface area contributed by atoms with Gasteiger partial charge in [0.15, 0.2) is 17.4 Å². The average Bonchev–Trinajstić information content (AvgIpc) is 2.32. The molecule has 1 aromatic heterocycles. The summed E-state index contributed by atoms with van der Waals surface area (Å²) in [5.74, 6) is -3.90. The summed E-state index contributed by atoms with van der Waals surface area (Å²) in [6.07, 6.45) is 2.01. The van der Waals surface area contributed by atoms with Crippen LogP contribution in [-0.4, -0.2) is 10.8 Å². The van der Waals surface area contributed by atoms with Gasteiger partial charge in [-0.05, 0) is 18.2 Å². The third-order valence-corrected chi connectivity index (χ3v) is 2.16. The van der Waals surface area contributed by atoms with Gasteiger partial charge in [-0.15, -0.1) is 0 Å². The quantitative estimate of drug-likeness (QED) is 0.751. The topological polar surface area (TPSA) is 30.0 Å². The Kier molecular flexibility index (Phi) is 2.91. The molecule has 17 heavy (non-hydrogen) atoms. The zero-order chi connectivity index (χ0) is 12.4. The van der Waals surface area contributed by atoms with Gasteiger partial charge in [-0.2, -0.15) is 0 Å². The van der Waals surface area contributed by atoms with E-state index in [0.717, 1.165) is 30.6 Å². The number of halogens is 3. The van der Waals surface area contributed by atoms with E-state index >= 15 is 0 Å². The molecule has 0 saturated carbocycles. The molecule has 1 heterocycles. The molecule has 0 amide bonds. The molecule has 0 fully saturated rings. The fourth-order valence-corrected chi connectivity index (χ4v) is 1.37. The lowest BCUT2D eigenvalue weighted by molar-refractivity contribution is 0.103. The van der Waals surface area contributed by atoms with Crippen LogP contribution in [0, 0.1) is 17.5 Å². The predicted octanol–water partition coefficient (Wildman–Crippen LogP) is 2.73. The van der Waals surface area contributed by atoms with Crippen molar-refractivity contribution in [3.8, 4) is 0 Å². The van der Waals surface area contributed by atoms with Crippen molar-refractivity contribution in [1.82, 2.24) is 4.98 Å². The van der Waals surface area contributed by atoms with E-state index in [4.69, 9.17) is 0 Å². The van der Waals surface area contributed by atoms with E-state index < -0.39 is 28.8 Å². The van der Waals surface area contributed by atoms with E-state index in [2.05, 4.69) is 4.98 Å². The van der Waals surface area contributed by atoms with Crippen LogP contribution in [0.25, 0.3) is 0 Å². The summed E-state index contributed by atoms with van der Waals surface area (Å²) in [6, 6.07) is 4.15. The highest BCUT2D eigenvalue weighted by Gasteiger charge is 2.17. The van der Waals surface area contributed by atoms with Crippen LogP contribution in [0.15, 0.2) is 36.7 Å². The van der Waals surface area contributed by atoms with Crippen molar-refractivity contribution in [3.05, 3.63) is 65.2 Å². The summed E-state index contributed by atoms with van der Waals surface area (Å²) in [5.41, 5.74) is -0.577. The minimum atomic E-state index is -1.25. The molecule has 0 aliphatic carbocycles. The second-order valence-electron chi connectivity index (χ2n) is 3.32. The number of carbonyl (C=O) groups excluding carboxylic acids is 1. The zero-order valence-electron chi connectivity index (χ0n) is 8.45. The Morgan fingerprint density at radius 3 is 2.59 bits per heavy atom. The second-order valence-corrected chi connectivity index (χ2v) is 3.32. The van der Waals surface area contributed by atoms with Gasteiger partial charge in [-0.3, -0.25) is 9.78 Å². The number of pyridine rings is 1. The first-order valence-electron chi connectivity index (χ1n) is 4.69. The molecule has 0 saturated heterocycles. The Hall–Kier alpha value is -2.17. The lowest BCUT2D eigenvalue weighted by atomic mass is 10.0. The van der Waals surface area contributed by atoms with E-state index in [-0.39, 0.29) is 5.56 Å². The van der Waals surface area contributed by atoms with Crippen molar-refractivity contribution in [2.45, 2.75) is 0 Å². The molecule has 0 aliphatic rings. The van der Waals surface area contributed by atoms with Crippen molar-refractivity contribution in [2.24, 2.45) is 0 Å². The van der Waals surface area contributed by atoms with Crippen molar-refractivity contribution in [2.75, 3.05) is 0 Å². The van der Waals surface area contributed by atoms with Gasteiger partial charge in [0.1, 0.15) is 5.82 Å². The smallest absolute Gasteiger partial charge is 0.197 e. The molecule has 0 atom stereocenters. The molecule has 0 radical (unpaired) electrons. The van der Waals surface area contributed by atoms with Crippen LogP contribution in [0.4, 0.5) is 13.2 Å². The maximum Gasteiger partial charge on any atom is 0.197 e. The molecule has 1 aromatic carbocycles. The Morgan fingerprint density at radius 1 is 1.12 bits per heavy atom. The van der Waals surface area contributed by atoms with Gasteiger partial charge >= 0.3 is 0 Å².